The van der Waals surface area contributed by atoms with Crippen LogP contribution in [0.3, 0.4) is 0 Å². The van der Waals surface area contributed by atoms with Crippen molar-refractivity contribution in [2.45, 2.75) is 13.0 Å². The molecule has 0 bridgehead atoms. The van der Waals surface area contributed by atoms with E-state index in [9.17, 15) is 5.11 Å². The van der Waals surface area contributed by atoms with E-state index in [4.69, 9.17) is 4.74 Å². The highest BCUT2D eigenvalue weighted by Crippen LogP contribution is 2.28. The van der Waals surface area contributed by atoms with Gasteiger partial charge in [0.1, 0.15) is 18.4 Å². The summed E-state index contributed by atoms with van der Waals surface area (Å²) in [5, 5.41) is 12.1. The molecule has 5 nitrogen and oxygen atoms in total. The summed E-state index contributed by atoms with van der Waals surface area (Å²) in [6.45, 7) is 6.74. The van der Waals surface area contributed by atoms with Gasteiger partial charge in [-0.1, -0.05) is 30.3 Å². The van der Waals surface area contributed by atoms with Gasteiger partial charge in [-0.3, -0.25) is 0 Å². The van der Waals surface area contributed by atoms with Crippen molar-refractivity contribution in [3.63, 3.8) is 0 Å². The Balaban J connectivity index is 1.42. The zero-order valence-corrected chi connectivity index (χ0v) is 16.0. The van der Waals surface area contributed by atoms with E-state index in [0.29, 0.717) is 0 Å². The number of aliphatic hydroxyl groups excluding tert-OH is 1. The second kappa shape index (κ2) is 7.62. The molecule has 5 heteroatoms. The van der Waals surface area contributed by atoms with Crippen molar-refractivity contribution in [1.29, 1.82) is 0 Å². The molecule has 2 heterocycles. The number of para-hydroxylation sites is 3. The smallest absolute Gasteiger partial charge is 0.142 e. The predicted molar refractivity (Wildman–Crippen MR) is 109 cm³/mol. The minimum absolute atomic E-state index is 0.450. The van der Waals surface area contributed by atoms with Gasteiger partial charge in [-0.05, 0) is 25.1 Å². The molecule has 0 saturated carbocycles. The average molecular weight is 366 g/mol. The van der Waals surface area contributed by atoms with E-state index in [2.05, 4.69) is 34.1 Å². The number of benzene rings is 2. The molecule has 0 radical (unpaired) electrons. The standard InChI is InChI=1S/C22H27N3O2/c1-16-22(17-7-3-4-8-18(17)23-16)20(26)15-24-11-13-25(14-12-24)19-9-5-6-10-21(19)27-2/h3-10,20,23,26H,11-15H2,1-2H3/p+1/t20-/m1/s1. The summed E-state index contributed by atoms with van der Waals surface area (Å²) in [6.07, 6.45) is -0.450. The third kappa shape index (κ3) is 3.53. The maximum atomic E-state index is 10.9. The van der Waals surface area contributed by atoms with Crippen molar-refractivity contribution < 1.29 is 14.7 Å². The van der Waals surface area contributed by atoms with Crippen LogP contribution < -0.4 is 14.5 Å². The summed E-state index contributed by atoms with van der Waals surface area (Å²) in [5.41, 5.74) is 4.37. The SMILES string of the molecule is COc1ccccc1N1CC[NH+](C[C@@H](O)c2c(C)[nH]c3ccccc23)CC1. The first kappa shape index (κ1) is 17.9. The largest absolute Gasteiger partial charge is 0.495 e. The van der Waals surface area contributed by atoms with Crippen LogP contribution in [0.4, 0.5) is 5.69 Å². The number of anilines is 1. The number of quaternary nitrogens is 1. The van der Waals surface area contributed by atoms with Crippen molar-refractivity contribution in [3.8, 4) is 5.75 Å². The van der Waals surface area contributed by atoms with Crippen LogP contribution in [0.1, 0.15) is 17.4 Å². The fourth-order valence-electron chi connectivity index (χ4n) is 4.26. The number of H-pyrrole nitrogens is 1. The molecule has 0 unspecified atom stereocenters. The molecule has 142 valence electrons. The second-order valence-electron chi connectivity index (χ2n) is 7.34. The van der Waals surface area contributed by atoms with Crippen LogP contribution >= 0.6 is 0 Å². The molecule has 1 atom stereocenters. The summed E-state index contributed by atoms with van der Waals surface area (Å²) >= 11 is 0. The Hall–Kier alpha value is -2.50. The third-order valence-electron chi connectivity index (χ3n) is 5.66. The minimum atomic E-state index is -0.450. The van der Waals surface area contributed by atoms with Crippen LogP contribution in [0.2, 0.25) is 0 Å². The summed E-state index contributed by atoms with van der Waals surface area (Å²) in [7, 11) is 1.72. The molecule has 3 aromatic rings. The summed E-state index contributed by atoms with van der Waals surface area (Å²) in [4.78, 5) is 7.22. The van der Waals surface area contributed by atoms with Crippen LogP contribution in [0.5, 0.6) is 5.75 Å². The van der Waals surface area contributed by atoms with Gasteiger partial charge in [0.05, 0.1) is 39.0 Å². The van der Waals surface area contributed by atoms with Crippen molar-refractivity contribution >= 4 is 16.6 Å². The number of fused-ring (bicyclic) bond motifs is 1. The average Bonchev–Trinajstić information content (AvgIpc) is 3.04. The Morgan fingerprint density at radius 3 is 2.59 bits per heavy atom. The first-order chi connectivity index (χ1) is 13.2. The molecule has 0 aliphatic carbocycles. The zero-order chi connectivity index (χ0) is 18.8. The van der Waals surface area contributed by atoms with Crippen LogP contribution in [-0.4, -0.2) is 49.9 Å². The van der Waals surface area contributed by atoms with Crippen molar-refractivity contribution in [2.75, 3.05) is 44.7 Å². The van der Waals surface area contributed by atoms with Gasteiger partial charge in [0, 0.05) is 22.2 Å². The quantitative estimate of drug-likeness (QED) is 0.647. The number of nitrogens with one attached hydrogen (secondary N) is 2. The molecule has 4 rings (SSSR count). The molecule has 0 amide bonds. The van der Waals surface area contributed by atoms with E-state index in [1.807, 2.05) is 31.2 Å². The highest BCUT2D eigenvalue weighted by Gasteiger charge is 2.26. The number of ether oxygens (including phenoxy) is 1. The molecular formula is C22H28N3O2+. The molecule has 2 aromatic carbocycles. The Kier molecular flexibility index (Phi) is 5.05. The fraction of sp³-hybridized carbons (Fsp3) is 0.364. The van der Waals surface area contributed by atoms with Gasteiger partial charge in [-0.2, -0.15) is 0 Å². The maximum Gasteiger partial charge on any atom is 0.142 e. The first-order valence-corrected chi connectivity index (χ1v) is 9.64. The van der Waals surface area contributed by atoms with E-state index in [0.717, 1.165) is 66.3 Å². The minimum Gasteiger partial charge on any atom is -0.495 e. The number of aromatic amines is 1. The van der Waals surface area contributed by atoms with Crippen LogP contribution in [-0.2, 0) is 0 Å². The van der Waals surface area contributed by atoms with E-state index in [1.165, 1.54) is 4.90 Å². The lowest BCUT2D eigenvalue weighted by atomic mass is 10.0. The molecule has 1 saturated heterocycles. The second-order valence-corrected chi connectivity index (χ2v) is 7.34. The molecule has 3 N–H and O–H groups in total. The fourth-order valence-corrected chi connectivity index (χ4v) is 4.26. The number of nitrogens with zero attached hydrogens (tertiary/aromatic N) is 1. The molecule has 1 aromatic heterocycles. The Morgan fingerprint density at radius 2 is 1.81 bits per heavy atom. The molecule has 1 fully saturated rings. The molecule has 27 heavy (non-hydrogen) atoms. The number of hydrogen-bond donors (Lipinski definition) is 3. The lowest BCUT2D eigenvalue weighted by molar-refractivity contribution is -0.904. The Labute approximate surface area is 160 Å². The van der Waals surface area contributed by atoms with Crippen LogP contribution in [0.15, 0.2) is 48.5 Å². The summed E-state index contributed by atoms with van der Waals surface area (Å²) < 4.78 is 5.50. The summed E-state index contributed by atoms with van der Waals surface area (Å²) in [6, 6.07) is 16.4. The van der Waals surface area contributed by atoms with E-state index in [-0.39, 0.29) is 0 Å². The van der Waals surface area contributed by atoms with Gasteiger partial charge in [0.25, 0.3) is 0 Å². The van der Waals surface area contributed by atoms with Gasteiger partial charge in [0.15, 0.2) is 0 Å². The van der Waals surface area contributed by atoms with Gasteiger partial charge in [-0.25, -0.2) is 0 Å². The highest BCUT2D eigenvalue weighted by atomic mass is 16.5. The number of hydrogen-bond acceptors (Lipinski definition) is 3. The topological polar surface area (TPSA) is 52.9 Å². The van der Waals surface area contributed by atoms with E-state index in [1.54, 1.807) is 7.11 Å². The van der Waals surface area contributed by atoms with Crippen LogP contribution in [0, 0.1) is 6.92 Å². The van der Waals surface area contributed by atoms with Crippen LogP contribution in [0.25, 0.3) is 10.9 Å². The van der Waals surface area contributed by atoms with E-state index >= 15 is 0 Å². The lowest BCUT2D eigenvalue weighted by Gasteiger charge is -2.35. The maximum absolute atomic E-state index is 10.9. The first-order valence-electron chi connectivity index (χ1n) is 9.64. The monoisotopic (exact) mass is 366 g/mol. The van der Waals surface area contributed by atoms with E-state index < -0.39 is 6.10 Å². The normalized spacial score (nSPS) is 16.6. The molecule has 1 aliphatic rings. The van der Waals surface area contributed by atoms with Gasteiger partial charge in [0.2, 0.25) is 0 Å². The lowest BCUT2D eigenvalue weighted by Crippen LogP contribution is -3.15. The number of methoxy groups -OCH3 is 1. The van der Waals surface area contributed by atoms with Gasteiger partial charge in [-0.15, -0.1) is 0 Å². The number of aryl methyl sites for hydroxylation is 1. The number of rotatable bonds is 5. The van der Waals surface area contributed by atoms with Crippen molar-refractivity contribution in [3.05, 3.63) is 59.8 Å². The predicted octanol–water partition coefficient (Wildman–Crippen LogP) is 1.92. The third-order valence-corrected chi connectivity index (χ3v) is 5.66. The number of aliphatic hydroxyl groups is 1. The Morgan fingerprint density at radius 1 is 1.11 bits per heavy atom. The Bertz CT molecular complexity index is 913. The van der Waals surface area contributed by atoms with Crippen molar-refractivity contribution in [1.82, 2.24) is 4.98 Å². The number of aromatic nitrogens is 1. The highest BCUT2D eigenvalue weighted by molar-refractivity contribution is 5.84. The molecular weight excluding hydrogens is 338 g/mol. The van der Waals surface area contributed by atoms with Crippen molar-refractivity contribution in [2.24, 2.45) is 0 Å². The zero-order valence-electron chi connectivity index (χ0n) is 16.0. The van der Waals surface area contributed by atoms with Gasteiger partial charge >= 0.3 is 0 Å². The summed E-state index contributed by atoms with van der Waals surface area (Å²) in [5.74, 6) is 0.926. The molecule has 1 aliphatic heterocycles. The van der Waals surface area contributed by atoms with Gasteiger partial charge < -0.3 is 24.6 Å². The molecule has 0 spiro atoms. The number of piperazine rings is 1.